The summed E-state index contributed by atoms with van der Waals surface area (Å²) in [4.78, 5) is 25.2. The van der Waals surface area contributed by atoms with E-state index in [4.69, 9.17) is 25.8 Å². The van der Waals surface area contributed by atoms with E-state index >= 15 is 0 Å². The molecule has 2 N–H and O–H groups in total. The van der Waals surface area contributed by atoms with Crippen molar-refractivity contribution in [3.63, 3.8) is 0 Å². The van der Waals surface area contributed by atoms with E-state index in [1.54, 1.807) is 20.8 Å². The average molecular weight is 486 g/mol. The summed E-state index contributed by atoms with van der Waals surface area (Å²) in [5.74, 6) is -1.62. The lowest BCUT2D eigenvalue weighted by molar-refractivity contribution is -0.255. The van der Waals surface area contributed by atoms with Gasteiger partial charge in [0.2, 0.25) is 5.75 Å². The minimum Gasteiger partial charge on any atom is -0.545 e. The highest BCUT2D eigenvalue weighted by Crippen LogP contribution is 2.39. The summed E-state index contributed by atoms with van der Waals surface area (Å²) < 4.78 is 41.6. The second-order valence-corrected chi connectivity index (χ2v) is 8.18. The second kappa shape index (κ2) is 11.0. The molecule has 0 bridgehead atoms. The topological polar surface area (TPSA) is 143 Å². The number of hydrogen-bond acceptors (Lipinski definition) is 8. The Morgan fingerprint density at radius 1 is 0.969 bits per heavy atom. The van der Waals surface area contributed by atoms with Gasteiger partial charge in [0.15, 0.2) is 11.5 Å². The van der Waals surface area contributed by atoms with Gasteiger partial charge in [-0.2, -0.15) is 0 Å². The maximum absolute atomic E-state index is 12.6. The number of carbonyl (C=O) groups excluding carboxylic acids is 2. The van der Waals surface area contributed by atoms with Crippen molar-refractivity contribution in [2.75, 3.05) is 19.8 Å². The van der Waals surface area contributed by atoms with Crippen LogP contribution in [0.3, 0.4) is 0 Å². The highest BCUT2D eigenvalue weighted by Gasteiger charge is 2.21. The fraction of sp³-hybridized carbons (Fsp3) is 0.300. The standard InChI is InChI=1S/C20H23ClN2O8S/c1-4-29-16-9-12(10-17(30-5-2)18(16)31-6-3)19(24)22-23-32(27,28)13-7-8-15(21)14(11-13)20(25)26/h7-11,23H,4-6H2,1-3H3,(H,22,24)(H,25,26)/p-1. The predicted octanol–water partition coefficient (Wildman–Crippen LogP) is 1.52. The van der Waals surface area contributed by atoms with E-state index < -0.39 is 32.4 Å². The molecule has 0 fully saturated rings. The van der Waals surface area contributed by atoms with Crippen LogP contribution >= 0.6 is 11.6 Å². The Morgan fingerprint density at radius 3 is 2.03 bits per heavy atom. The van der Waals surface area contributed by atoms with Crippen molar-refractivity contribution in [3.05, 3.63) is 46.5 Å². The van der Waals surface area contributed by atoms with E-state index in [9.17, 15) is 23.1 Å². The SMILES string of the molecule is CCOc1cc(C(=O)NNS(=O)(=O)c2ccc(Cl)c(C(=O)[O-])c2)cc(OCC)c1OCC. The number of carboxylic acids is 1. The fourth-order valence-electron chi connectivity index (χ4n) is 2.59. The molecule has 0 saturated carbocycles. The minimum absolute atomic E-state index is 0.0367. The van der Waals surface area contributed by atoms with Crippen molar-refractivity contribution in [3.8, 4) is 17.2 Å². The van der Waals surface area contributed by atoms with Crippen LogP contribution in [-0.4, -0.2) is 40.1 Å². The third kappa shape index (κ3) is 6.02. The van der Waals surface area contributed by atoms with E-state index in [1.165, 1.54) is 12.1 Å². The second-order valence-electron chi connectivity index (χ2n) is 6.09. The van der Waals surface area contributed by atoms with Gasteiger partial charge in [-0.15, -0.1) is 4.83 Å². The molecule has 10 nitrogen and oxygen atoms in total. The van der Waals surface area contributed by atoms with E-state index in [-0.39, 0.29) is 22.1 Å². The molecule has 0 aromatic heterocycles. The lowest BCUT2D eigenvalue weighted by Crippen LogP contribution is -2.41. The number of hydrogen-bond donors (Lipinski definition) is 2. The summed E-state index contributed by atoms with van der Waals surface area (Å²) in [7, 11) is -4.31. The van der Waals surface area contributed by atoms with E-state index in [1.807, 2.05) is 4.83 Å². The number of rotatable bonds is 11. The molecule has 2 rings (SSSR count). The van der Waals surface area contributed by atoms with Gasteiger partial charge in [-0.25, -0.2) is 8.42 Å². The zero-order valence-electron chi connectivity index (χ0n) is 17.6. The van der Waals surface area contributed by atoms with Crippen LogP contribution in [0.5, 0.6) is 17.2 Å². The highest BCUT2D eigenvalue weighted by molar-refractivity contribution is 7.89. The first-order chi connectivity index (χ1) is 15.1. The normalized spacial score (nSPS) is 11.0. The molecule has 0 heterocycles. The Bertz CT molecular complexity index is 1080. The molecule has 0 radical (unpaired) electrons. The third-order valence-electron chi connectivity index (χ3n) is 3.94. The lowest BCUT2D eigenvalue weighted by Gasteiger charge is -2.17. The summed E-state index contributed by atoms with van der Waals surface area (Å²) in [5, 5.41) is 10.9. The smallest absolute Gasteiger partial charge is 0.266 e. The van der Waals surface area contributed by atoms with Gasteiger partial charge in [-0.3, -0.25) is 10.2 Å². The minimum atomic E-state index is -4.31. The molecule has 0 aliphatic carbocycles. The summed E-state index contributed by atoms with van der Waals surface area (Å²) >= 11 is 5.73. The van der Waals surface area contributed by atoms with Gasteiger partial charge in [0, 0.05) is 16.1 Å². The van der Waals surface area contributed by atoms with Crippen LogP contribution in [0.25, 0.3) is 0 Å². The fourth-order valence-corrected chi connectivity index (χ4v) is 3.65. The number of amides is 1. The molecule has 0 unspecified atom stereocenters. The Labute approximate surface area is 190 Å². The van der Waals surface area contributed by atoms with Crippen molar-refractivity contribution in [1.29, 1.82) is 0 Å². The lowest BCUT2D eigenvalue weighted by atomic mass is 10.1. The van der Waals surface area contributed by atoms with Crippen LogP contribution in [-0.2, 0) is 10.0 Å². The zero-order chi connectivity index (χ0) is 23.9. The van der Waals surface area contributed by atoms with Gasteiger partial charge in [-0.1, -0.05) is 11.6 Å². The first kappa shape index (κ1) is 25.2. The Morgan fingerprint density at radius 2 is 1.53 bits per heavy atom. The molecule has 0 saturated heterocycles. The van der Waals surface area contributed by atoms with Crippen molar-refractivity contribution in [2.45, 2.75) is 25.7 Å². The first-order valence-corrected chi connectivity index (χ1v) is 11.4. The quantitative estimate of drug-likeness (QED) is 0.456. The molecule has 0 aliphatic rings. The number of hydrazine groups is 1. The molecule has 0 spiro atoms. The number of halogens is 1. The Hall–Kier alpha value is -3.02. The molecule has 2 aromatic rings. The predicted molar refractivity (Wildman–Crippen MR) is 114 cm³/mol. The maximum Gasteiger partial charge on any atom is 0.266 e. The van der Waals surface area contributed by atoms with Gasteiger partial charge in [0.25, 0.3) is 15.9 Å². The van der Waals surface area contributed by atoms with Gasteiger partial charge in [0.1, 0.15) is 0 Å². The molecule has 2 aromatic carbocycles. The molecule has 174 valence electrons. The number of aromatic carboxylic acids is 1. The summed E-state index contributed by atoms with van der Waals surface area (Å²) in [6, 6.07) is 5.77. The van der Waals surface area contributed by atoms with Gasteiger partial charge < -0.3 is 24.1 Å². The Kier molecular flexibility index (Phi) is 8.70. The van der Waals surface area contributed by atoms with Crippen molar-refractivity contribution >= 4 is 33.5 Å². The largest absolute Gasteiger partial charge is 0.545 e. The molecule has 12 heteroatoms. The number of carbonyl (C=O) groups is 2. The molecule has 0 aliphatic heterocycles. The number of nitrogens with one attached hydrogen (secondary N) is 2. The number of ether oxygens (including phenoxy) is 3. The van der Waals surface area contributed by atoms with Crippen LogP contribution in [0.2, 0.25) is 5.02 Å². The third-order valence-corrected chi connectivity index (χ3v) is 5.51. The van der Waals surface area contributed by atoms with Crippen LogP contribution in [0, 0.1) is 0 Å². The number of carboxylic acid groups (broad SMARTS) is 1. The van der Waals surface area contributed by atoms with E-state index in [0.717, 1.165) is 18.2 Å². The van der Waals surface area contributed by atoms with Gasteiger partial charge in [-0.05, 0) is 51.1 Å². The van der Waals surface area contributed by atoms with Crippen molar-refractivity contribution in [2.24, 2.45) is 0 Å². The van der Waals surface area contributed by atoms with Gasteiger partial charge in [0.05, 0.1) is 30.7 Å². The van der Waals surface area contributed by atoms with E-state index in [0.29, 0.717) is 25.6 Å². The Balaban J connectivity index is 2.30. The number of sulfonamides is 1. The van der Waals surface area contributed by atoms with Crippen molar-refractivity contribution < 1.29 is 37.3 Å². The average Bonchev–Trinajstić information content (AvgIpc) is 2.74. The summed E-state index contributed by atoms with van der Waals surface area (Å²) in [6.07, 6.45) is 0. The van der Waals surface area contributed by atoms with E-state index in [2.05, 4.69) is 5.43 Å². The summed E-state index contributed by atoms with van der Waals surface area (Å²) in [6.45, 7) is 6.21. The first-order valence-electron chi connectivity index (χ1n) is 9.54. The maximum atomic E-state index is 12.6. The molecule has 0 atom stereocenters. The van der Waals surface area contributed by atoms with Crippen molar-refractivity contribution in [1.82, 2.24) is 10.3 Å². The van der Waals surface area contributed by atoms with Crippen LogP contribution in [0.4, 0.5) is 0 Å². The van der Waals surface area contributed by atoms with Gasteiger partial charge >= 0.3 is 0 Å². The monoisotopic (exact) mass is 485 g/mol. The molecular formula is C20H22ClN2O8S-. The number of benzene rings is 2. The zero-order valence-corrected chi connectivity index (χ0v) is 19.1. The summed E-state index contributed by atoms with van der Waals surface area (Å²) in [5.41, 5.74) is 1.60. The highest BCUT2D eigenvalue weighted by atomic mass is 35.5. The van der Waals surface area contributed by atoms with Crippen LogP contribution in [0.15, 0.2) is 35.2 Å². The molecule has 1 amide bonds. The molecular weight excluding hydrogens is 464 g/mol. The van der Waals surface area contributed by atoms with Crippen LogP contribution < -0.4 is 29.6 Å². The van der Waals surface area contributed by atoms with Crippen LogP contribution in [0.1, 0.15) is 41.5 Å². The molecule has 32 heavy (non-hydrogen) atoms.